The number of carbonyl (C=O) groups excluding carboxylic acids is 1. The van der Waals surface area contributed by atoms with Gasteiger partial charge in [0.15, 0.2) is 0 Å². The summed E-state index contributed by atoms with van der Waals surface area (Å²) in [4.78, 5) is 14.7. The number of benzene rings is 1. The predicted molar refractivity (Wildman–Crippen MR) is 90.0 cm³/mol. The van der Waals surface area contributed by atoms with Gasteiger partial charge in [0.05, 0.1) is 12.2 Å². The van der Waals surface area contributed by atoms with Crippen LogP contribution < -0.4 is 0 Å². The van der Waals surface area contributed by atoms with E-state index in [0.717, 1.165) is 37.2 Å². The second-order valence-corrected chi connectivity index (χ2v) is 6.05. The minimum atomic E-state index is 0.0982. The molecule has 122 valence electrons. The second kappa shape index (κ2) is 6.31. The fraction of sp³-hybridized carbons (Fsp3) is 0.278. The summed E-state index contributed by atoms with van der Waals surface area (Å²) in [6.07, 6.45) is 9.37. The molecule has 1 aromatic carbocycles. The number of piperidine rings is 1. The van der Waals surface area contributed by atoms with E-state index in [4.69, 9.17) is 0 Å². The van der Waals surface area contributed by atoms with Crippen LogP contribution in [-0.4, -0.2) is 43.5 Å². The van der Waals surface area contributed by atoms with Crippen LogP contribution in [-0.2, 0) is 0 Å². The standard InChI is InChI=1S/C18H19N5O/c24-18(15-4-3-5-17(14-15)21-9-1-2-10-21)22-11-6-16(7-12-22)23-13-8-19-20-23/h1-5,8-10,13-14,16H,6-7,11-12H2. The molecule has 1 amide bonds. The first-order valence-electron chi connectivity index (χ1n) is 8.20. The van der Waals surface area contributed by atoms with E-state index < -0.39 is 0 Å². The quantitative estimate of drug-likeness (QED) is 0.745. The zero-order valence-electron chi connectivity index (χ0n) is 13.3. The maximum absolute atomic E-state index is 12.8. The van der Waals surface area contributed by atoms with E-state index in [2.05, 4.69) is 10.3 Å². The lowest BCUT2D eigenvalue weighted by Crippen LogP contribution is -2.39. The molecule has 0 radical (unpaired) electrons. The van der Waals surface area contributed by atoms with Gasteiger partial charge in [-0.15, -0.1) is 5.10 Å². The van der Waals surface area contributed by atoms with Gasteiger partial charge >= 0.3 is 0 Å². The summed E-state index contributed by atoms with van der Waals surface area (Å²) in [6, 6.07) is 12.1. The minimum Gasteiger partial charge on any atom is -0.338 e. The highest BCUT2D eigenvalue weighted by molar-refractivity contribution is 5.94. The Balaban J connectivity index is 1.46. The van der Waals surface area contributed by atoms with E-state index in [9.17, 15) is 4.79 Å². The van der Waals surface area contributed by atoms with Crippen molar-refractivity contribution in [2.45, 2.75) is 18.9 Å². The molecule has 0 saturated carbocycles. The first-order valence-corrected chi connectivity index (χ1v) is 8.20. The number of rotatable bonds is 3. The average molecular weight is 321 g/mol. The molecule has 0 aliphatic carbocycles. The Morgan fingerprint density at radius 1 is 1.04 bits per heavy atom. The van der Waals surface area contributed by atoms with Crippen molar-refractivity contribution in [2.75, 3.05) is 13.1 Å². The van der Waals surface area contributed by atoms with Crippen LogP contribution in [0.2, 0.25) is 0 Å². The monoisotopic (exact) mass is 321 g/mol. The molecule has 1 aliphatic rings. The molecule has 1 aliphatic heterocycles. The van der Waals surface area contributed by atoms with Crippen molar-refractivity contribution < 1.29 is 4.79 Å². The van der Waals surface area contributed by atoms with Gasteiger partial charge in [-0.1, -0.05) is 11.3 Å². The highest BCUT2D eigenvalue weighted by Gasteiger charge is 2.25. The van der Waals surface area contributed by atoms with Crippen molar-refractivity contribution in [2.24, 2.45) is 0 Å². The Morgan fingerprint density at radius 2 is 1.83 bits per heavy atom. The van der Waals surface area contributed by atoms with Crippen LogP contribution in [0.5, 0.6) is 0 Å². The van der Waals surface area contributed by atoms with Crippen LogP contribution in [0.25, 0.3) is 5.69 Å². The lowest BCUT2D eigenvalue weighted by atomic mass is 10.0. The largest absolute Gasteiger partial charge is 0.338 e. The zero-order chi connectivity index (χ0) is 16.4. The third-order valence-electron chi connectivity index (χ3n) is 4.56. The Bertz CT molecular complexity index is 802. The summed E-state index contributed by atoms with van der Waals surface area (Å²) >= 11 is 0. The minimum absolute atomic E-state index is 0.0982. The molecule has 0 bridgehead atoms. The van der Waals surface area contributed by atoms with Crippen LogP contribution in [0.1, 0.15) is 29.2 Å². The van der Waals surface area contributed by atoms with Crippen LogP contribution >= 0.6 is 0 Å². The van der Waals surface area contributed by atoms with Gasteiger partial charge in [-0.25, -0.2) is 4.68 Å². The predicted octanol–water partition coefficient (Wildman–Crippen LogP) is 2.55. The molecule has 6 nitrogen and oxygen atoms in total. The number of hydrogen-bond acceptors (Lipinski definition) is 3. The maximum atomic E-state index is 12.8. The van der Waals surface area contributed by atoms with E-state index in [-0.39, 0.29) is 5.91 Å². The van der Waals surface area contributed by atoms with Crippen molar-refractivity contribution in [1.29, 1.82) is 0 Å². The molecule has 24 heavy (non-hydrogen) atoms. The first kappa shape index (κ1) is 14.7. The Labute approximate surface area is 140 Å². The molecule has 4 rings (SSSR count). The van der Waals surface area contributed by atoms with Crippen LogP contribution in [0.15, 0.2) is 61.2 Å². The fourth-order valence-electron chi connectivity index (χ4n) is 3.23. The molecule has 0 atom stereocenters. The highest BCUT2D eigenvalue weighted by atomic mass is 16.2. The number of amides is 1. The van der Waals surface area contributed by atoms with Gasteiger partial charge in [-0.2, -0.15) is 0 Å². The van der Waals surface area contributed by atoms with Crippen LogP contribution in [0, 0.1) is 0 Å². The normalized spacial score (nSPS) is 15.6. The lowest BCUT2D eigenvalue weighted by Gasteiger charge is -2.32. The molecule has 0 spiro atoms. The van der Waals surface area contributed by atoms with Gasteiger partial charge in [-0.05, 0) is 43.2 Å². The smallest absolute Gasteiger partial charge is 0.253 e. The average Bonchev–Trinajstić information content (AvgIpc) is 3.35. The third kappa shape index (κ3) is 2.82. The number of nitrogens with zero attached hydrogens (tertiary/aromatic N) is 5. The summed E-state index contributed by atoms with van der Waals surface area (Å²) in [7, 11) is 0. The molecule has 0 N–H and O–H groups in total. The van der Waals surface area contributed by atoms with Gasteiger partial charge in [0.1, 0.15) is 0 Å². The van der Waals surface area contributed by atoms with Crippen molar-refractivity contribution >= 4 is 5.91 Å². The first-order chi connectivity index (χ1) is 11.8. The third-order valence-corrected chi connectivity index (χ3v) is 4.56. The van der Waals surface area contributed by atoms with E-state index in [0.29, 0.717) is 6.04 Å². The van der Waals surface area contributed by atoms with Gasteiger partial charge < -0.3 is 9.47 Å². The van der Waals surface area contributed by atoms with E-state index >= 15 is 0 Å². The van der Waals surface area contributed by atoms with Gasteiger partial charge in [0.2, 0.25) is 0 Å². The fourth-order valence-corrected chi connectivity index (χ4v) is 3.23. The van der Waals surface area contributed by atoms with Gasteiger partial charge in [0, 0.05) is 42.9 Å². The van der Waals surface area contributed by atoms with E-state index in [1.807, 2.05) is 69.1 Å². The van der Waals surface area contributed by atoms with Crippen LogP contribution in [0.4, 0.5) is 0 Å². The second-order valence-electron chi connectivity index (χ2n) is 6.05. The molecule has 6 heteroatoms. The number of hydrogen-bond donors (Lipinski definition) is 0. The van der Waals surface area contributed by atoms with E-state index in [1.165, 1.54) is 0 Å². The molecular weight excluding hydrogens is 302 g/mol. The molecule has 2 aromatic heterocycles. The summed E-state index contributed by atoms with van der Waals surface area (Å²) in [5.41, 5.74) is 1.74. The summed E-state index contributed by atoms with van der Waals surface area (Å²) in [5, 5.41) is 7.93. The lowest BCUT2D eigenvalue weighted by molar-refractivity contribution is 0.0689. The van der Waals surface area contributed by atoms with E-state index in [1.54, 1.807) is 6.20 Å². The van der Waals surface area contributed by atoms with Crippen LogP contribution in [0.3, 0.4) is 0 Å². The molecule has 3 aromatic rings. The number of likely N-dealkylation sites (tertiary alicyclic amines) is 1. The zero-order valence-corrected chi connectivity index (χ0v) is 13.3. The van der Waals surface area contributed by atoms with Crippen molar-refractivity contribution in [3.8, 4) is 5.69 Å². The van der Waals surface area contributed by atoms with Gasteiger partial charge in [0.25, 0.3) is 5.91 Å². The summed E-state index contributed by atoms with van der Waals surface area (Å²) in [5.74, 6) is 0.0982. The Kier molecular flexibility index (Phi) is 3.86. The summed E-state index contributed by atoms with van der Waals surface area (Å²) in [6.45, 7) is 1.49. The molecule has 1 saturated heterocycles. The molecular formula is C18H19N5O. The van der Waals surface area contributed by atoms with Crippen molar-refractivity contribution in [3.63, 3.8) is 0 Å². The SMILES string of the molecule is O=C(c1cccc(-n2cccc2)c1)N1CCC(n2ccnn2)CC1. The highest BCUT2D eigenvalue weighted by Crippen LogP contribution is 2.23. The van der Waals surface area contributed by atoms with Crippen molar-refractivity contribution in [1.82, 2.24) is 24.5 Å². The molecule has 3 heterocycles. The molecule has 1 fully saturated rings. The Hall–Kier alpha value is -2.89. The van der Waals surface area contributed by atoms with Gasteiger partial charge in [-0.3, -0.25) is 4.79 Å². The maximum Gasteiger partial charge on any atom is 0.253 e. The van der Waals surface area contributed by atoms with Crippen molar-refractivity contribution in [3.05, 3.63) is 66.7 Å². The summed E-state index contributed by atoms with van der Waals surface area (Å²) < 4.78 is 3.90. The number of carbonyl (C=O) groups is 1. The Morgan fingerprint density at radius 3 is 2.54 bits per heavy atom. The molecule has 0 unspecified atom stereocenters. The number of aromatic nitrogens is 4. The topological polar surface area (TPSA) is 56.0 Å².